The highest BCUT2D eigenvalue weighted by Crippen LogP contribution is 2.44. The number of fused-ring (bicyclic) bond motifs is 2. The van der Waals surface area contributed by atoms with E-state index in [-0.39, 0.29) is 0 Å². The smallest absolute Gasteiger partial charge is 0.148 e. The molecular formula is C15H15Cl2NO2. The second kappa shape index (κ2) is 5.30. The third kappa shape index (κ3) is 2.00. The van der Waals surface area contributed by atoms with Gasteiger partial charge in [-0.2, -0.15) is 0 Å². The maximum Gasteiger partial charge on any atom is 0.148 e. The van der Waals surface area contributed by atoms with Crippen LogP contribution in [0.5, 0.6) is 11.5 Å². The van der Waals surface area contributed by atoms with Crippen LogP contribution in [-0.4, -0.2) is 19.2 Å². The monoisotopic (exact) mass is 311 g/mol. The average molecular weight is 312 g/mol. The summed E-state index contributed by atoms with van der Waals surface area (Å²) in [5.74, 6) is 1.19. The molecular weight excluding hydrogens is 297 g/mol. The molecule has 0 saturated carbocycles. The Morgan fingerprint density at radius 3 is 2.40 bits per heavy atom. The zero-order chi connectivity index (χ0) is 14.3. The molecule has 0 aliphatic heterocycles. The summed E-state index contributed by atoms with van der Waals surface area (Å²) >= 11 is 13.0. The van der Waals surface area contributed by atoms with Crippen molar-refractivity contribution >= 4 is 34.1 Å². The highest BCUT2D eigenvalue weighted by molar-refractivity contribution is 6.43. The van der Waals surface area contributed by atoms with Gasteiger partial charge in [-0.15, -0.1) is 0 Å². The number of rotatable bonds is 2. The van der Waals surface area contributed by atoms with Crippen LogP contribution >= 0.6 is 23.2 Å². The molecule has 0 fully saturated rings. The van der Waals surface area contributed by atoms with Crippen molar-refractivity contribution in [3.05, 3.63) is 27.4 Å². The van der Waals surface area contributed by atoms with Gasteiger partial charge in [-0.1, -0.05) is 23.2 Å². The van der Waals surface area contributed by atoms with Gasteiger partial charge >= 0.3 is 0 Å². The van der Waals surface area contributed by atoms with Crippen molar-refractivity contribution < 1.29 is 9.47 Å². The Bertz CT molecular complexity index is 686. The molecule has 1 heterocycles. The fourth-order valence-electron chi connectivity index (χ4n) is 2.75. The summed E-state index contributed by atoms with van der Waals surface area (Å²) in [6, 6.07) is 1.75. The molecule has 1 aliphatic carbocycles. The number of methoxy groups -OCH3 is 2. The molecule has 2 aromatic rings. The lowest BCUT2D eigenvalue weighted by molar-refractivity contribution is 0.397. The highest BCUT2D eigenvalue weighted by Gasteiger charge is 2.22. The topological polar surface area (TPSA) is 31.4 Å². The average Bonchev–Trinajstić information content (AvgIpc) is 2.48. The molecule has 1 aromatic heterocycles. The van der Waals surface area contributed by atoms with Crippen LogP contribution < -0.4 is 9.47 Å². The molecule has 0 radical (unpaired) electrons. The molecule has 3 rings (SSSR count). The van der Waals surface area contributed by atoms with Gasteiger partial charge in [0.05, 0.1) is 24.3 Å². The second-order valence-corrected chi connectivity index (χ2v) is 5.63. The van der Waals surface area contributed by atoms with Gasteiger partial charge in [0, 0.05) is 17.1 Å². The second-order valence-electron chi connectivity index (χ2n) is 4.88. The fraction of sp³-hybridized carbons (Fsp3) is 0.400. The Balaban J connectivity index is 2.42. The standard InChI is InChI=1S/C15H15Cl2NO2/c1-19-10-7-11(20-2)15-12(14(10)17)13(16)8-5-3-4-6-9(8)18-15/h7H,3-6H2,1-2H3. The van der Waals surface area contributed by atoms with Crippen molar-refractivity contribution in [2.45, 2.75) is 25.7 Å². The van der Waals surface area contributed by atoms with Crippen LogP contribution in [0.1, 0.15) is 24.1 Å². The Kier molecular flexibility index (Phi) is 3.65. The molecule has 0 spiro atoms. The van der Waals surface area contributed by atoms with Crippen molar-refractivity contribution in [2.75, 3.05) is 14.2 Å². The number of hydrogen-bond acceptors (Lipinski definition) is 3. The van der Waals surface area contributed by atoms with E-state index in [0.717, 1.165) is 42.3 Å². The largest absolute Gasteiger partial charge is 0.495 e. The first-order valence-corrected chi connectivity index (χ1v) is 7.34. The number of aryl methyl sites for hydroxylation is 1. The first kappa shape index (κ1) is 13.8. The van der Waals surface area contributed by atoms with Crippen molar-refractivity contribution in [1.29, 1.82) is 0 Å². The first-order chi connectivity index (χ1) is 9.67. The van der Waals surface area contributed by atoms with E-state index in [1.807, 2.05) is 0 Å². The molecule has 0 unspecified atom stereocenters. The number of pyridine rings is 1. The van der Waals surface area contributed by atoms with Gasteiger partial charge in [0.2, 0.25) is 0 Å². The Morgan fingerprint density at radius 2 is 1.70 bits per heavy atom. The summed E-state index contributed by atoms with van der Waals surface area (Å²) < 4.78 is 10.7. The number of benzene rings is 1. The lowest BCUT2D eigenvalue weighted by atomic mass is 9.94. The van der Waals surface area contributed by atoms with Crippen LogP contribution in [0.2, 0.25) is 10.0 Å². The van der Waals surface area contributed by atoms with E-state index < -0.39 is 0 Å². The van der Waals surface area contributed by atoms with Gasteiger partial charge in [0.15, 0.2) is 0 Å². The molecule has 106 valence electrons. The van der Waals surface area contributed by atoms with E-state index in [2.05, 4.69) is 0 Å². The summed E-state index contributed by atoms with van der Waals surface area (Å²) in [4.78, 5) is 4.73. The third-order valence-corrected chi connectivity index (χ3v) is 4.57. The van der Waals surface area contributed by atoms with Crippen molar-refractivity contribution in [1.82, 2.24) is 4.98 Å². The summed E-state index contributed by atoms with van der Waals surface area (Å²) in [5.41, 5.74) is 2.89. The molecule has 5 heteroatoms. The summed E-state index contributed by atoms with van der Waals surface area (Å²) in [5, 5.41) is 1.91. The SMILES string of the molecule is COc1cc(OC)c2nc3c(c(Cl)c2c1Cl)CCCC3. The van der Waals surface area contributed by atoms with E-state index in [9.17, 15) is 0 Å². The van der Waals surface area contributed by atoms with Gasteiger partial charge in [-0.05, 0) is 31.2 Å². The Hall–Kier alpha value is -1.19. The molecule has 0 amide bonds. The molecule has 20 heavy (non-hydrogen) atoms. The molecule has 1 aliphatic rings. The van der Waals surface area contributed by atoms with Crippen LogP contribution in [-0.2, 0) is 12.8 Å². The van der Waals surface area contributed by atoms with Crippen LogP contribution in [0.15, 0.2) is 6.07 Å². The van der Waals surface area contributed by atoms with Gasteiger partial charge in [-0.25, -0.2) is 4.98 Å². The highest BCUT2D eigenvalue weighted by atomic mass is 35.5. The van der Waals surface area contributed by atoms with E-state index in [1.165, 1.54) is 0 Å². The van der Waals surface area contributed by atoms with Crippen LogP contribution in [0, 0.1) is 0 Å². The van der Waals surface area contributed by atoms with Crippen LogP contribution in [0.25, 0.3) is 10.9 Å². The van der Waals surface area contributed by atoms with Crippen molar-refractivity contribution in [2.24, 2.45) is 0 Å². The lowest BCUT2D eigenvalue weighted by Gasteiger charge is -2.20. The number of nitrogens with zero attached hydrogens (tertiary/aromatic N) is 1. The minimum Gasteiger partial charge on any atom is -0.495 e. The van der Waals surface area contributed by atoms with Gasteiger partial charge in [0.25, 0.3) is 0 Å². The number of ether oxygens (including phenoxy) is 2. The third-order valence-electron chi connectivity index (χ3n) is 3.78. The zero-order valence-electron chi connectivity index (χ0n) is 11.4. The number of aromatic nitrogens is 1. The minimum absolute atomic E-state index is 0.495. The predicted molar refractivity (Wildman–Crippen MR) is 81.5 cm³/mol. The van der Waals surface area contributed by atoms with Crippen LogP contribution in [0.4, 0.5) is 0 Å². The maximum atomic E-state index is 6.59. The van der Waals surface area contributed by atoms with E-state index in [1.54, 1.807) is 20.3 Å². The van der Waals surface area contributed by atoms with Crippen LogP contribution in [0.3, 0.4) is 0 Å². The number of hydrogen-bond donors (Lipinski definition) is 0. The normalized spacial score (nSPS) is 14.2. The quantitative estimate of drug-likeness (QED) is 0.821. The first-order valence-electron chi connectivity index (χ1n) is 6.58. The lowest BCUT2D eigenvalue weighted by Crippen LogP contribution is -2.07. The van der Waals surface area contributed by atoms with E-state index in [4.69, 9.17) is 37.7 Å². The molecule has 0 atom stereocenters. The van der Waals surface area contributed by atoms with Gasteiger partial charge in [-0.3, -0.25) is 0 Å². The molecule has 0 saturated heterocycles. The summed E-state index contributed by atoms with van der Waals surface area (Å²) in [6.45, 7) is 0. The van der Waals surface area contributed by atoms with Crippen molar-refractivity contribution in [3.8, 4) is 11.5 Å². The molecule has 0 N–H and O–H groups in total. The molecule has 3 nitrogen and oxygen atoms in total. The van der Waals surface area contributed by atoms with Crippen molar-refractivity contribution in [3.63, 3.8) is 0 Å². The Morgan fingerprint density at radius 1 is 1.00 bits per heavy atom. The number of halogens is 2. The summed E-state index contributed by atoms with van der Waals surface area (Å²) in [7, 11) is 3.18. The molecule has 1 aromatic carbocycles. The maximum absolute atomic E-state index is 6.59. The van der Waals surface area contributed by atoms with Gasteiger partial charge in [0.1, 0.15) is 17.0 Å². The Labute approximate surface area is 127 Å². The summed E-state index contributed by atoms with van der Waals surface area (Å²) in [6.07, 6.45) is 4.19. The van der Waals surface area contributed by atoms with E-state index >= 15 is 0 Å². The fourth-order valence-corrected chi connectivity index (χ4v) is 3.50. The van der Waals surface area contributed by atoms with Gasteiger partial charge < -0.3 is 9.47 Å². The predicted octanol–water partition coefficient (Wildman–Crippen LogP) is 4.44. The zero-order valence-corrected chi connectivity index (χ0v) is 12.9. The minimum atomic E-state index is 0.495. The molecule has 0 bridgehead atoms. The van der Waals surface area contributed by atoms with E-state index in [0.29, 0.717) is 27.1 Å².